The normalized spacial score (nSPS) is 28.3. The fraction of sp³-hybridized carbons (Fsp3) is 0.909. The van der Waals surface area contributed by atoms with Gasteiger partial charge in [-0.3, -0.25) is 4.79 Å². The van der Waals surface area contributed by atoms with Gasteiger partial charge >= 0.3 is 0 Å². The van der Waals surface area contributed by atoms with E-state index in [1.807, 2.05) is 4.90 Å². The van der Waals surface area contributed by atoms with E-state index in [0.29, 0.717) is 12.0 Å². The number of nitrogens with one attached hydrogen (secondary N) is 1. The van der Waals surface area contributed by atoms with Crippen LogP contribution in [-0.4, -0.2) is 50.2 Å². The predicted molar refractivity (Wildman–Crippen MR) is 57.6 cm³/mol. The fourth-order valence-corrected chi connectivity index (χ4v) is 2.44. The summed E-state index contributed by atoms with van der Waals surface area (Å²) in [6.45, 7) is 3.59. The quantitative estimate of drug-likeness (QED) is 0.712. The predicted octanol–water partition coefficient (Wildman–Crippen LogP) is 0.233. The van der Waals surface area contributed by atoms with Crippen molar-refractivity contribution in [3.63, 3.8) is 0 Å². The number of nitrogens with zero attached hydrogens (tertiary/aromatic N) is 1. The lowest BCUT2D eigenvalue weighted by molar-refractivity contribution is -0.137. The summed E-state index contributed by atoms with van der Waals surface area (Å²) in [5, 5.41) is 3.24. The standard InChI is InChI=1S/C11H20N2O2/c1-15-10-3-6-13(7-4-10)11(14)9-2-5-12-8-9/h9-10,12H,2-8H2,1H3. The Balaban J connectivity index is 1.81. The monoisotopic (exact) mass is 212 g/mol. The van der Waals surface area contributed by atoms with E-state index in [-0.39, 0.29) is 5.92 Å². The van der Waals surface area contributed by atoms with Crippen molar-refractivity contribution in [2.24, 2.45) is 5.92 Å². The molecular weight excluding hydrogens is 192 g/mol. The van der Waals surface area contributed by atoms with Crippen LogP contribution in [0.1, 0.15) is 19.3 Å². The highest BCUT2D eigenvalue weighted by atomic mass is 16.5. The molecule has 1 atom stereocenters. The molecule has 0 aliphatic carbocycles. The van der Waals surface area contributed by atoms with E-state index in [0.717, 1.165) is 45.4 Å². The number of rotatable bonds is 2. The molecular formula is C11H20N2O2. The zero-order chi connectivity index (χ0) is 10.7. The minimum absolute atomic E-state index is 0.226. The minimum atomic E-state index is 0.226. The molecule has 2 saturated heterocycles. The summed E-state index contributed by atoms with van der Waals surface area (Å²) in [4.78, 5) is 14.0. The van der Waals surface area contributed by atoms with Crippen LogP contribution >= 0.6 is 0 Å². The summed E-state index contributed by atoms with van der Waals surface area (Å²) in [6, 6.07) is 0. The molecule has 2 fully saturated rings. The van der Waals surface area contributed by atoms with Crippen molar-refractivity contribution >= 4 is 5.91 Å². The average Bonchev–Trinajstić information content (AvgIpc) is 2.82. The Morgan fingerprint density at radius 3 is 2.60 bits per heavy atom. The molecule has 0 aromatic rings. The zero-order valence-corrected chi connectivity index (χ0v) is 9.37. The first-order valence-electron chi connectivity index (χ1n) is 5.83. The smallest absolute Gasteiger partial charge is 0.227 e. The molecule has 0 spiro atoms. The number of likely N-dealkylation sites (tertiary alicyclic amines) is 1. The van der Waals surface area contributed by atoms with Gasteiger partial charge in [0, 0.05) is 26.7 Å². The first-order chi connectivity index (χ1) is 7.31. The molecule has 1 N–H and O–H groups in total. The summed E-state index contributed by atoms with van der Waals surface area (Å²) in [5.41, 5.74) is 0. The van der Waals surface area contributed by atoms with Gasteiger partial charge in [0.2, 0.25) is 5.91 Å². The minimum Gasteiger partial charge on any atom is -0.381 e. The van der Waals surface area contributed by atoms with E-state index >= 15 is 0 Å². The number of piperidine rings is 1. The Hall–Kier alpha value is -0.610. The van der Waals surface area contributed by atoms with Crippen molar-refractivity contribution in [3.8, 4) is 0 Å². The Morgan fingerprint density at radius 2 is 2.07 bits per heavy atom. The van der Waals surface area contributed by atoms with E-state index in [1.54, 1.807) is 7.11 Å². The highest BCUT2D eigenvalue weighted by molar-refractivity contribution is 5.79. The maximum atomic E-state index is 12.0. The SMILES string of the molecule is COC1CCN(C(=O)C2CCNC2)CC1. The summed E-state index contributed by atoms with van der Waals surface area (Å²) >= 11 is 0. The lowest BCUT2D eigenvalue weighted by atomic mass is 10.0. The molecule has 0 bridgehead atoms. The second-order valence-electron chi connectivity index (χ2n) is 4.45. The summed E-state index contributed by atoms with van der Waals surface area (Å²) < 4.78 is 5.29. The molecule has 2 aliphatic rings. The first kappa shape index (κ1) is 10.9. The van der Waals surface area contributed by atoms with Gasteiger partial charge in [-0.05, 0) is 25.8 Å². The van der Waals surface area contributed by atoms with Gasteiger partial charge in [0.05, 0.1) is 12.0 Å². The lowest BCUT2D eigenvalue weighted by Gasteiger charge is -2.32. The van der Waals surface area contributed by atoms with Crippen molar-refractivity contribution in [2.45, 2.75) is 25.4 Å². The third-order valence-corrected chi connectivity index (χ3v) is 3.50. The second kappa shape index (κ2) is 4.94. The van der Waals surface area contributed by atoms with Crippen molar-refractivity contribution in [3.05, 3.63) is 0 Å². The highest BCUT2D eigenvalue weighted by Gasteiger charge is 2.29. The van der Waals surface area contributed by atoms with Crippen LogP contribution in [-0.2, 0) is 9.53 Å². The Bertz CT molecular complexity index is 219. The average molecular weight is 212 g/mol. The zero-order valence-electron chi connectivity index (χ0n) is 9.37. The molecule has 4 nitrogen and oxygen atoms in total. The van der Waals surface area contributed by atoms with E-state index < -0.39 is 0 Å². The Labute approximate surface area is 91.0 Å². The molecule has 0 aromatic carbocycles. The summed E-state index contributed by atoms with van der Waals surface area (Å²) in [6.07, 6.45) is 3.34. The van der Waals surface area contributed by atoms with Crippen LogP contribution in [0.2, 0.25) is 0 Å². The highest BCUT2D eigenvalue weighted by Crippen LogP contribution is 2.18. The van der Waals surface area contributed by atoms with Crippen molar-refractivity contribution in [1.82, 2.24) is 10.2 Å². The molecule has 1 amide bonds. The molecule has 0 radical (unpaired) electrons. The van der Waals surface area contributed by atoms with Crippen molar-refractivity contribution in [2.75, 3.05) is 33.3 Å². The number of carbonyl (C=O) groups is 1. The van der Waals surface area contributed by atoms with E-state index in [4.69, 9.17) is 4.74 Å². The van der Waals surface area contributed by atoms with Crippen LogP contribution < -0.4 is 5.32 Å². The Kier molecular flexibility index (Phi) is 3.59. The number of amides is 1. The van der Waals surface area contributed by atoms with Crippen LogP contribution in [0.15, 0.2) is 0 Å². The topological polar surface area (TPSA) is 41.6 Å². The van der Waals surface area contributed by atoms with E-state index in [1.165, 1.54) is 0 Å². The molecule has 1 unspecified atom stereocenters. The van der Waals surface area contributed by atoms with Crippen LogP contribution in [0.5, 0.6) is 0 Å². The van der Waals surface area contributed by atoms with Crippen LogP contribution in [0.25, 0.3) is 0 Å². The largest absolute Gasteiger partial charge is 0.381 e. The molecule has 0 saturated carbocycles. The number of hydrogen-bond donors (Lipinski definition) is 1. The van der Waals surface area contributed by atoms with E-state index in [2.05, 4.69) is 5.32 Å². The number of methoxy groups -OCH3 is 1. The molecule has 2 rings (SSSR count). The summed E-state index contributed by atoms with van der Waals surface area (Å²) in [5.74, 6) is 0.568. The van der Waals surface area contributed by atoms with Crippen LogP contribution in [0.4, 0.5) is 0 Å². The molecule has 86 valence electrons. The Morgan fingerprint density at radius 1 is 1.33 bits per heavy atom. The van der Waals surface area contributed by atoms with Gasteiger partial charge in [-0.2, -0.15) is 0 Å². The van der Waals surface area contributed by atoms with Gasteiger partial charge in [-0.25, -0.2) is 0 Å². The molecule has 4 heteroatoms. The van der Waals surface area contributed by atoms with Gasteiger partial charge in [0.1, 0.15) is 0 Å². The second-order valence-corrected chi connectivity index (χ2v) is 4.45. The van der Waals surface area contributed by atoms with Gasteiger partial charge in [0.25, 0.3) is 0 Å². The lowest BCUT2D eigenvalue weighted by Crippen LogP contribution is -2.43. The maximum absolute atomic E-state index is 12.0. The van der Waals surface area contributed by atoms with E-state index in [9.17, 15) is 4.79 Å². The van der Waals surface area contributed by atoms with Crippen molar-refractivity contribution in [1.29, 1.82) is 0 Å². The molecule has 2 heterocycles. The molecule has 0 aromatic heterocycles. The third-order valence-electron chi connectivity index (χ3n) is 3.50. The number of carbonyl (C=O) groups excluding carboxylic acids is 1. The van der Waals surface area contributed by atoms with Gasteiger partial charge in [0.15, 0.2) is 0 Å². The third kappa shape index (κ3) is 2.49. The fourth-order valence-electron chi connectivity index (χ4n) is 2.44. The van der Waals surface area contributed by atoms with Crippen LogP contribution in [0.3, 0.4) is 0 Å². The van der Waals surface area contributed by atoms with Crippen LogP contribution in [0, 0.1) is 5.92 Å². The van der Waals surface area contributed by atoms with Gasteiger partial charge in [-0.1, -0.05) is 0 Å². The first-order valence-corrected chi connectivity index (χ1v) is 5.83. The number of ether oxygens (including phenoxy) is 1. The van der Waals surface area contributed by atoms with Gasteiger partial charge in [-0.15, -0.1) is 0 Å². The van der Waals surface area contributed by atoms with Crippen molar-refractivity contribution < 1.29 is 9.53 Å². The summed E-state index contributed by atoms with van der Waals surface area (Å²) in [7, 11) is 1.75. The van der Waals surface area contributed by atoms with Gasteiger partial charge < -0.3 is 15.0 Å². The molecule has 2 aliphatic heterocycles. The number of hydrogen-bond acceptors (Lipinski definition) is 3. The maximum Gasteiger partial charge on any atom is 0.227 e. The molecule has 15 heavy (non-hydrogen) atoms.